The quantitative estimate of drug-likeness (QED) is 0.561. The van der Waals surface area contributed by atoms with Crippen LogP contribution in [0.5, 0.6) is 0 Å². The Balaban J connectivity index is 1.93. The smallest absolute Gasteiger partial charge is 0.262 e. The molecule has 0 aromatic heterocycles. The molecular formula is C22H21FN2O5S2. The molecule has 0 heterocycles. The zero-order valence-corrected chi connectivity index (χ0v) is 19.1. The van der Waals surface area contributed by atoms with Gasteiger partial charge in [-0.25, -0.2) is 21.2 Å². The Bertz CT molecular complexity index is 1420. The van der Waals surface area contributed by atoms with Gasteiger partial charge in [-0.15, -0.1) is 0 Å². The molecule has 0 aliphatic carbocycles. The Morgan fingerprint density at radius 3 is 2.19 bits per heavy atom. The van der Waals surface area contributed by atoms with Crippen molar-refractivity contribution in [2.75, 3.05) is 16.3 Å². The topological polar surface area (TPSA) is 109 Å². The summed E-state index contributed by atoms with van der Waals surface area (Å²) in [5.41, 5.74) is 1.06. The maximum Gasteiger partial charge on any atom is 0.262 e. The third-order valence-electron chi connectivity index (χ3n) is 4.74. The summed E-state index contributed by atoms with van der Waals surface area (Å²) in [6, 6.07) is 13.8. The van der Waals surface area contributed by atoms with Crippen molar-refractivity contribution in [1.29, 1.82) is 0 Å². The fourth-order valence-corrected chi connectivity index (χ4v) is 4.97. The van der Waals surface area contributed by atoms with Gasteiger partial charge in [-0.3, -0.25) is 9.52 Å². The minimum Gasteiger partial charge on any atom is -0.322 e. The highest BCUT2D eigenvalue weighted by molar-refractivity contribution is 7.92. The van der Waals surface area contributed by atoms with Crippen LogP contribution in [-0.2, 0) is 19.9 Å². The largest absolute Gasteiger partial charge is 0.322 e. The maximum absolute atomic E-state index is 13.9. The lowest BCUT2D eigenvalue weighted by atomic mass is 10.1. The predicted octanol–water partition coefficient (Wildman–Crippen LogP) is 3.90. The number of carbonyl (C=O) groups excluding carboxylic acids is 1. The molecule has 2 N–H and O–H groups in total. The number of sulfone groups is 1. The number of aryl methyl sites for hydroxylation is 2. The van der Waals surface area contributed by atoms with E-state index in [0.29, 0.717) is 11.1 Å². The molecule has 1 amide bonds. The van der Waals surface area contributed by atoms with E-state index in [2.05, 4.69) is 10.0 Å². The van der Waals surface area contributed by atoms with E-state index in [1.807, 2.05) is 0 Å². The molecule has 32 heavy (non-hydrogen) atoms. The molecule has 0 saturated heterocycles. The summed E-state index contributed by atoms with van der Waals surface area (Å²) in [5, 5.41) is 2.59. The summed E-state index contributed by atoms with van der Waals surface area (Å²) in [5.74, 6) is -1.32. The Kier molecular flexibility index (Phi) is 6.38. The number of para-hydroxylation sites is 1. The number of nitrogens with one attached hydrogen (secondary N) is 2. The van der Waals surface area contributed by atoms with E-state index >= 15 is 0 Å². The molecule has 3 aromatic carbocycles. The molecule has 168 valence electrons. The van der Waals surface area contributed by atoms with Crippen LogP contribution in [0.25, 0.3) is 0 Å². The SMILES string of the molecule is Cc1ccc(S(C)(=O)=O)cc1C(=O)Nc1ccc(C)c(S(=O)(=O)Nc2ccccc2F)c1. The van der Waals surface area contributed by atoms with Gasteiger partial charge in [0.2, 0.25) is 0 Å². The Morgan fingerprint density at radius 1 is 0.875 bits per heavy atom. The van der Waals surface area contributed by atoms with Gasteiger partial charge in [-0.05, 0) is 61.4 Å². The van der Waals surface area contributed by atoms with Crippen LogP contribution in [0, 0.1) is 19.7 Å². The zero-order chi connectivity index (χ0) is 23.7. The third kappa shape index (κ3) is 5.14. The van der Waals surface area contributed by atoms with Crippen molar-refractivity contribution >= 4 is 37.1 Å². The fraction of sp³-hybridized carbons (Fsp3) is 0.136. The van der Waals surface area contributed by atoms with Crippen LogP contribution in [0.3, 0.4) is 0 Å². The predicted molar refractivity (Wildman–Crippen MR) is 121 cm³/mol. The van der Waals surface area contributed by atoms with Crippen molar-refractivity contribution in [3.63, 3.8) is 0 Å². The van der Waals surface area contributed by atoms with Gasteiger partial charge >= 0.3 is 0 Å². The first-order valence-electron chi connectivity index (χ1n) is 9.38. The van der Waals surface area contributed by atoms with Crippen molar-refractivity contribution in [2.24, 2.45) is 0 Å². The highest BCUT2D eigenvalue weighted by atomic mass is 32.2. The molecule has 0 atom stereocenters. The number of halogens is 1. The first-order valence-corrected chi connectivity index (χ1v) is 12.8. The first kappa shape index (κ1) is 23.4. The molecule has 0 bridgehead atoms. The van der Waals surface area contributed by atoms with Crippen LogP contribution in [0.1, 0.15) is 21.5 Å². The lowest BCUT2D eigenvalue weighted by Crippen LogP contribution is -2.17. The number of hydrogen-bond acceptors (Lipinski definition) is 5. The summed E-state index contributed by atoms with van der Waals surface area (Å²) in [4.78, 5) is 12.6. The highest BCUT2D eigenvalue weighted by Crippen LogP contribution is 2.25. The summed E-state index contributed by atoms with van der Waals surface area (Å²) >= 11 is 0. The molecule has 0 saturated carbocycles. The summed E-state index contributed by atoms with van der Waals surface area (Å²) < 4.78 is 65.4. The molecule has 10 heteroatoms. The molecule has 0 unspecified atom stereocenters. The van der Waals surface area contributed by atoms with Crippen LogP contribution in [0.4, 0.5) is 15.8 Å². The number of benzene rings is 3. The van der Waals surface area contributed by atoms with Gasteiger partial charge < -0.3 is 5.32 Å². The Labute approximate surface area is 186 Å². The van der Waals surface area contributed by atoms with Gasteiger partial charge in [0.15, 0.2) is 9.84 Å². The van der Waals surface area contributed by atoms with E-state index < -0.39 is 31.6 Å². The van der Waals surface area contributed by atoms with E-state index in [9.17, 15) is 26.0 Å². The van der Waals surface area contributed by atoms with E-state index in [1.165, 1.54) is 54.6 Å². The van der Waals surface area contributed by atoms with Crippen molar-refractivity contribution in [3.05, 3.63) is 83.2 Å². The fourth-order valence-electron chi connectivity index (χ4n) is 2.99. The normalized spacial score (nSPS) is 11.8. The van der Waals surface area contributed by atoms with Gasteiger partial charge in [-0.2, -0.15) is 0 Å². The van der Waals surface area contributed by atoms with Crippen LogP contribution in [-0.4, -0.2) is 29.0 Å². The van der Waals surface area contributed by atoms with E-state index in [0.717, 1.165) is 12.3 Å². The molecule has 3 aromatic rings. The minimum atomic E-state index is -4.14. The number of sulfonamides is 1. The van der Waals surface area contributed by atoms with Gasteiger partial charge in [0.1, 0.15) is 5.82 Å². The second kappa shape index (κ2) is 8.71. The molecule has 0 fully saturated rings. The van der Waals surface area contributed by atoms with Crippen LogP contribution in [0.15, 0.2) is 70.5 Å². The van der Waals surface area contributed by atoms with Crippen LogP contribution >= 0.6 is 0 Å². The highest BCUT2D eigenvalue weighted by Gasteiger charge is 2.20. The van der Waals surface area contributed by atoms with Crippen molar-refractivity contribution in [2.45, 2.75) is 23.6 Å². The molecule has 0 aliphatic rings. The number of carbonyl (C=O) groups is 1. The van der Waals surface area contributed by atoms with E-state index in [1.54, 1.807) is 13.8 Å². The van der Waals surface area contributed by atoms with Crippen molar-refractivity contribution < 1.29 is 26.0 Å². The van der Waals surface area contributed by atoms with E-state index in [-0.39, 0.29) is 26.7 Å². The van der Waals surface area contributed by atoms with Gasteiger partial charge in [0.05, 0.1) is 15.5 Å². The maximum atomic E-state index is 13.9. The van der Waals surface area contributed by atoms with Gasteiger partial charge in [0, 0.05) is 17.5 Å². The first-order chi connectivity index (χ1) is 14.9. The minimum absolute atomic E-state index is 0.00508. The molecule has 7 nitrogen and oxygen atoms in total. The van der Waals surface area contributed by atoms with Crippen LogP contribution < -0.4 is 10.0 Å². The van der Waals surface area contributed by atoms with Crippen molar-refractivity contribution in [3.8, 4) is 0 Å². The number of anilines is 2. The van der Waals surface area contributed by atoms with E-state index in [4.69, 9.17) is 0 Å². The number of rotatable bonds is 6. The molecule has 3 rings (SSSR count). The third-order valence-corrected chi connectivity index (χ3v) is 7.35. The second-order valence-corrected chi connectivity index (χ2v) is 10.9. The average Bonchev–Trinajstić information content (AvgIpc) is 2.70. The van der Waals surface area contributed by atoms with Gasteiger partial charge in [0.25, 0.3) is 15.9 Å². The van der Waals surface area contributed by atoms with Gasteiger partial charge in [-0.1, -0.05) is 24.3 Å². The summed E-state index contributed by atoms with van der Waals surface area (Å²) in [6.07, 6.45) is 1.04. The number of hydrogen-bond donors (Lipinski definition) is 2. The lowest BCUT2D eigenvalue weighted by molar-refractivity contribution is 0.102. The lowest BCUT2D eigenvalue weighted by Gasteiger charge is -2.14. The molecule has 0 aliphatic heterocycles. The average molecular weight is 477 g/mol. The Morgan fingerprint density at radius 2 is 1.53 bits per heavy atom. The molecular weight excluding hydrogens is 455 g/mol. The number of amides is 1. The summed E-state index contributed by atoms with van der Waals surface area (Å²) in [6.45, 7) is 3.23. The second-order valence-electron chi connectivity index (χ2n) is 7.27. The van der Waals surface area contributed by atoms with Crippen LogP contribution in [0.2, 0.25) is 0 Å². The zero-order valence-electron chi connectivity index (χ0n) is 17.5. The molecule has 0 spiro atoms. The van der Waals surface area contributed by atoms with Crippen molar-refractivity contribution in [1.82, 2.24) is 0 Å². The summed E-state index contributed by atoms with van der Waals surface area (Å²) in [7, 11) is -7.66. The standard InChI is InChI=1S/C22H21FN2O5S2/c1-14-9-11-17(31(3,27)28)13-18(14)22(26)24-16-10-8-15(2)21(12-16)32(29,30)25-20-7-5-4-6-19(20)23/h4-13,25H,1-3H3,(H,24,26). The molecule has 0 radical (unpaired) electrons. The monoisotopic (exact) mass is 476 g/mol. The Hall–Kier alpha value is -3.24.